The Bertz CT molecular complexity index is 1140. The van der Waals surface area contributed by atoms with Crippen molar-refractivity contribution in [1.29, 1.82) is 0 Å². The van der Waals surface area contributed by atoms with E-state index in [1.807, 2.05) is 26.0 Å². The number of aromatic nitrogens is 1. The van der Waals surface area contributed by atoms with Crippen LogP contribution < -0.4 is 10.5 Å². The zero-order valence-corrected chi connectivity index (χ0v) is 21.6. The van der Waals surface area contributed by atoms with Crippen molar-refractivity contribution in [3.8, 4) is 28.8 Å². The molecule has 1 unspecified atom stereocenters. The maximum atomic E-state index is 13.3. The van der Waals surface area contributed by atoms with Gasteiger partial charge in [-0.15, -0.1) is 23.7 Å². The third kappa shape index (κ3) is 6.71. The molecule has 0 aliphatic carbocycles. The van der Waals surface area contributed by atoms with Crippen LogP contribution in [-0.2, 0) is 0 Å². The monoisotopic (exact) mass is 506 g/mol. The number of thiazole rings is 1. The molecule has 0 saturated heterocycles. The van der Waals surface area contributed by atoms with Gasteiger partial charge in [0, 0.05) is 16.4 Å². The Labute approximate surface area is 210 Å². The van der Waals surface area contributed by atoms with Crippen molar-refractivity contribution in [2.45, 2.75) is 52.0 Å². The molecule has 2 aromatic carbocycles. The van der Waals surface area contributed by atoms with E-state index in [4.69, 9.17) is 27.1 Å². The summed E-state index contributed by atoms with van der Waals surface area (Å²) in [5.41, 5.74) is 10.1. The minimum Gasteiger partial charge on any atom is -0.496 e. The van der Waals surface area contributed by atoms with E-state index in [2.05, 4.69) is 18.8 Å². The molecule has 0 aliphatic rings. The molecule has 2 atom stereocenters. The maximum absolute atomic E-state index is 13.3. The summed E-state index contributed by atoms with van der Waals surface area (Å²) >= 11 is 8.04. The summed E-state index contributed by atoms with van der Waals surface area (Å²) in [6, 6.07) is 9.85. The summed E-state index contributed by atoms with van der Waals surface area (Å²) in [7, 11) is 1.63. The van der Waals surface area contributed by atoms with E-state index in [0.29, 0.717) is 5.02 Å². The van der Waals surface area contributed by atoms with Gasteiger partial charge in [0.05, 0.1) is 17.8 Å². The lowest BCUT2D eigenvalue weighted by Crippen LogP contribution is -2.08. The summed E-state index contributed by atoms with van der Waals surface area (Å²) in [5.74, 6) is 7.02. The van der Waals surface area contributed by atoms with E-state index in [0.717, 1.165) is 57.3 Å². The second kappa shape index (κ2) is 12.4. The average Bonchev–Trinajstić information content (AvgIpc) is 3.17. The molecule has 3 rings (SSSR count). The lowest BCUT2D eigenvalue weighted by Gasteiger charge is -2.11. The van der Waals surface area contributed by atoms with Crippen molar-refractivity contribution in [2.24, 2.45) is 5.73 Å². The summed E-state index contributed by atoms with van der Waals surface area (Å²) in [4.78, 5) is 5.81. The molecule has 2 N–H and O–H groups in total. The van der Waals surface area contributed by atoms with Gasteiger partial charge in [0.2, 0.25) is 0 Å². The van der Waals surface area contributed by atoms with Crippen molar-refractivity contribution in [1.82, 2.24) is 4.98 Å². The van der Waals surface area contributed by atoms with Crippen molar-refractivity contribution >= 4 is 35.3 Å². The Kier molecular flexibility index (Phi) is 10.2. The van der Waals surface area contributed by atoms with Gasteiger partial charge in [-0.3, -0.25) is 0 Å². The highest BCUT2D eigenvalue weighted by Crippen LogP contribution is 2.37. The van der Waals surface area contributed by atoms with Crippen LogP contribution in [0.2, 0.25) is 5.02 Å². The van der Waals surface area contributed by atoms with Crippen LogP contribution in [0.3, 0.4) is 0 Å². The smallest absolute Gasteiger partial charge is 0.123 e. The minimum atomic E-state index is -0.504. The van der Waals surface area contributed by atoms with E-state index in [-0.39, 0.29) is 24.1 Å². The summed E-state index contributed by atoms with van der Waals surface area (Å²) < 4.78 is 18.7. The minimum absolute atomic E-state index is 0. The molecular weight excluding hydrogens is 478 g/mol. The fraction of sp³-hybridized carbons (Fsp3) is 0.346. The Balaban J connectivity index is 0.00000385. The zero-order valence-electron chi connectivity index (χ0n) is 19.2. The molecule has 0 bridgehead atoms. The first-order valence-electron chi connectivity index (χ1n) is 10.7. The van der Waals surface area contributed by atoms with Gasteiger partial charge in [0.25, 0.3) is 0 Å². The van der Waals surface area contributed by atoms with Crippen molar-refractivity contribution in [2.75, 3.05) is 7.11 Å². The van der Waals surface area contributed by atoms with E-state index < -0.39 is 6.04 Å². The third-order valence-electron chi connectivity index (χ3n) is 5.35. The van der Waals surface area contributed by atoms with Gasteiger partial charge in [-0.1, -0.05) is 55.3 Å². The number of rotatable bonds is 7. The molecular formula is C26H29Cl2FN2OS. The van der Waals surface area contributed by atoms with Crippen LogP contribution in [0.1, 0.15) is 59.2 Å². The second-order valence-corrected chi connectivity index (χ2v) is 9.41. The van der Waals surface area contributed by atoms with Crippen molar-refractivity contribution in [3.63, 3.8) is 0 Å². The average molecular weight is 508 g/mol. The van der Waals surface area contributed by atoms with Gasteiger partial charge in [-0.25, -0.2) is 9.37 Å². The molecule has 3 nitrogen and oxygen atoms in total. The molecule has 0 saturated carbocycles. The van der Waals surface area contributed by atoms with E-state index in [9.17, 15) is 4.39 Å². The summed E-state index contributed by atoms with van der Waals surface area (Å²) in [5, 5.41) is 1.34. The number of hydrogen-bond donors (Lipinski definition) is 1. The summed E-state index contributed by atoms with van der Waals surface area (Å²) in [6.45, 7) is 6.13. The fourth-order valence-corrected chi connectivity index (χ4v) is 4.67. The number of unbranched alkanes of at least 4 members (excludes halogenated alkanes) is 1. The van der Waals surface area contributed by atoms with E-state index in [1.165, 1.54) is 23.5 Å². The molecule has 176 valence electrons. The summed E-state index contributed by atoms with van der Waals surface area (Å²) in [6.07, 6.45) is 3.02. The maximum Gasteiger partial charge on any atom is 0.123 e. The normalized spacial score (nSPS) is 12.3. The predicted octanol–water partition coefficient (Wildman–Crippen LogP) is 7.63. The zero-order chi connectivity index (χ0) is 23.3. The van der Waals surface area contributed by atoms with E-state index in [1.54, 1.807) is 19.2 Å². The highest BCUT2D eigenvalue weighted by atomic mass is 35.5. The number of benzene rings is 2. The first-order valence-corrected chi connectivity index (χ1v) is 11.9. The molecule has 1 heterocycles. The van der Waals surface area contributed by atoms with Gasteiger partial charge >= 0.3 is 0 Å². The highest BCUT2D eigenvalue weighted by molar-refractivity contribution is 7.12. The Morgan fingerprint density at radius 3 is 2.52 bits per heavy atom. The number of ether oxygens (including phenoxy) is 1. The molecule has 0 fully saturated rings. The van der Waals surface area contributed by atoms with Gasteiger partial charge in [-0.05, 0) is 55.7 Å². The number of nitrogens with two attached hydrogens (primary N) is 1. The number of halogens is 3. The van der Waals surface area contributed by atoms with Gasteiger partial charge in [-0.2, -0.15) is 0 Å². The molecule has 0 spiro atoms. The van der Waals surface area contributed by atoms with Crippen molar-refractivity contribution in [3.05, 3.63) is 68.2 Å². The van der Waals surface area contributed by atoms with Crippen LogP contribution in [0, 0.1) is 31.5 Å². The Hall–Kier alpha value is -2.10. The standard InChI is InChI=1S/C26H28ClFN2OS.ClH/c1-5-6-7-18(19-8-11-20(28)12-9-19)10-13-23(29)26-30-25(17(3)32-26)21-14-16(2)24(31-4)15-22(21)27;/h8-9,11-12,14-15,18,23H,5-7,29H2,1-4H3;1H/t18-,23?;/m1./s1. The van der Waals surface area contributed by atoms with Crippen LogP contribution in [0.15, 0.2) is 36.4 Å². The SMILES string of the molecule is CCCC[C@H](C#CC(N)c1nc(-c2cc(C)c(OC)cc2Cl)c(C)s1)c1ccc(F)cc1.Cl. The predicted molar refractivity (Wildman–Crippen MR) is 139 cm³/mol. The van der Waals surface area contributed by atoms with Gasteiger partial charge in [0.1, 0.15) is 22.6 Å². The molecule has 3 aromatic rings. The molecule has 1 aromatic heterocycles. The number of methoxy groups -OCH3 is 1. The largest absolute Gasteiger partial charge is 0.496 e. The molecule has 0 amide bonds. The van der Waals surface area contributed by atoms with Gasteiger partial charge in [0.15, 0.2) is 0 Å². The van der Waals surface area contributed by atoms with E-state index >= 15 is 0 Å². The lowest BCUT2D eigenvalue weighted by molar-refractivity contribution is 0.412. The first kappa shape index (κ1) is 27.1. The molecule has 7 heteroatoms. The molecule has 0 aliphatic heterocycles. The van der Waals surface area contributed by atoms with Crippen LogP contribution >= 0.6 is 35.3 Å². The number of nitrogens with zero attached hydrogens (tertiary/aromatic N) is 1. The van der Waals surface area contributed by atoms with Crippen LogP contribution in [0.25, 0.3) is 11.3 Å². The highest BCUT2D eigenvalue weighted by Gasteiger charge is 2.18. The lowest BCUT2D eigenvalue weighted by atomic mass is 9.94. The fourth-order valence-electron chi connectivity index (χ4n) is 3.54. The Morgan fingerprint density at radius 2 is 1.88 bits per heavy atom. The van der Waals surface area contributed by atoms with Gasteiger partial charge < -0.3 is 10.5 Å². The molecule has 0 radical (unpaired) electrons. The van der Waals surface area contributed by atoms with Crippen LogP contribution in [0.4, 0.5) is 4.39 Å². The first-order chi connectivity index (χ1) is 15.3. The third-order valence-corrected chi connectivity index (χ3v) is 6.72. The topological polar surface area (TPSA) is 48.1 Å². The number of hydrogen-bond acceptors (Lipinski definition) is 4. The van der Waals surface area contributed by atoms with Crippen LogP contribution in [-0.4, -0.2) is 12.1 Å². The quantitative estimate of drug-likeness (QED) is 0.335. The molecule has 33 heavy (non-hydrogen) atoms. The number of aryl methyl sites for hydroxylation is 2. The second-order valence-electron chi connectivity index (χ2n) is 7.77. The van der Waals surface area contributed by atoms with Crippen molar-refractivity contribution < 1.29 is 9.13 Å². The Morgan fingerprint density at radius 1 is 1.18 bits per heavy atom. The van der Waals surface area contributed by atoms with Crippen LogP contribution in [0.5, 0.6) is 5.75 Å².